The third kappa shape index (κ3) is 3.37. The molecule has 7 nitrogen and oxygen atoms in total. The first kappa shape index (κ1) is 19.1. The van der Waals surface area contributed by atoms with Gasteiger partial charge in [0.15, 0.2) is 0 Å². The van der Waals surface area contributed by atoms with Gasteiger partial charge in [-0.1, -0.05) is 0 Å². The van der Waals surface area contributed by atoms with Crippen molar-refractivity contribution in [3.63, 3.8) is 0 Å². The van der Waals surface area contributed by atoms with E-state index in [0.717, 1.165) is 27.5 Å². The van der Waals surface area contributed by atoms with Crippen LogP contribution in [-0.4, -0.2) is 46.4 Å². The monoisotopic (exact) mass is 423 g/mol. The Labute approximate surface area is 167 Å². The Balaban J connectivity index is 1.26. The van der Waals surface area contributed by atoms with Gasteiger partial charge in [0.2, 0.25) is 0 Å². The second-order valence-electron chi connectivity index (χ2n) is 8.23. The Kier molecular flexibility index (Phi) is 4.50. The first-order valence-corrected chi connectivity index (χ1v) is 11.3. The number of piperidine rings is 1. The van der Waals surface area contributed by atoms with Crippen molar-refractivity contribution in [3.05, 3.63) is 52.9 Å². The van der Waals surface area contributed by atoms with E-state index in [4.69, 9.17) is 5.73 Å². The molecule has 0 radical (unpaired) electrons. The zero-order chi connectivity index (χ0) is 20.3. The molecular weight excluding hydrogens is 400 g/mol. The molecule has 0 unspecified atom stereocenters. The van der Waals surface area contributed by atoms with Crippen molar-refractivity contribution in [2.45, 2.75) is 55.7 Å². The van der Waals surface area contributed by atoms with Crippen molar-refractivity contribution in [1.29, 1.82) is 0 Å². The van der Waals surface area contributed by atoms with Crippen molar-refractivity contribution in [1.82, 2.24) is 19.4 Å². The van der Waals surface area contributed by atoms with Crippen LogP contribution >= 0.6 is 0 Å². The first-order chi connectivity index (χ1) is 13.8. The Bertz CT molecular complexity index is 1030. The minimum atomic E-state index is -3.35. The predicted molar refractivity (Wildman–Crippen MR) is 102 cm³/mol. The summed E-state index contributed by atoms with van der Waals surface area (Å²) in [6.07, 6.45) is 3.66. The van der Waals surface area contributed by atoms with Gasteiger partial charge >= 0.3 is 0 Å². The smallest absolute Gasteiger partial charge is 0.256 e. The zero-order valence-corrected chi connectivity index (χ0v) is 16.6. The number of rotatable bonds is 4. The zero-order valence-electron chi connectivity index (χ0n) is 15.8. The van der Waals surface area contributed by atoms with Crippen LogP contribution in [0.15, 0.2) is 24.4 Å². The van der Waals surface area contributed by atoms with Gasteiger partial charge in [0.25, 0.3) is 10.0 Å². The molecule has 3 heterocycles. The van der Waals surface area contributed by atoms with E-state index in [0.29, 0.717) is 38.9 Å². The highest BCUT2D eigenvalue weighted by atomic mass is 32.2. The second-order valence-corrected chi connectivity index (χ2v) is 10.3. The average Bonchev–Trinajstić information content (AvgIpc) is 3.35. The Morgan fingerprint density at radius 1 is 1.21 bits per heavy atom. The third-order valence-electron chi connectivity index (χ3n) is 6.14. The van der Waals surface area contributed by atoms with Crippen LogP contribution in [-0.2, 0) is 23.1 Å². The fourth-order valence-corrected chi connectivity index (χ4v) is 5.90. The maximum Gasteiger partial charge on any atom is 0.256 e. The summed E-state index contributed by atoms with van der Waals surface area (Å²) in [5.41, 5.74) is 8.26. The number of nitrogens with two attached hydrogens (primary N) is 1. The van der Waals surface area contributed by atoms with Crippen LogP contribution in [0.3, 0.4) is 0 Å². The summed E-state index contributed by atoms with van der Waals surface area (Å²) in [5.74, 6) is -0.953. The number of nitrogens with one attached hydrogen (secondary N) is 1. The van der Waals surface area contributed by atoms with Crippen LogP contribution in [0.5, 0.6) is 0 Å². The van der Waals surface area contributed by atoms with Gasteiger partial charge in [0.05, 0.1) is 17.0 Å². The molecule has 0 amide bonds. The number of halogens is 2. The SMILES string of the molecule is N[C@H]1C[C@@H](N2Cc3cn(S(=O)(=O)C4CC4)nc3C2)CN[C@@H]1c1cc(F)ccc1F. The van der Waals surface area contributed by atoms with E-state index in [1.165, 1.54) is 6.07 Å². The van der Waals surface area contributed by atoms with Gasteiger partial charge in [-0.2, -0.15) is 9.19 Å². The molecule has 1 aromatic heterocycles. The van der Waals surface area contributed by atoms with E-state index >= 15 is 0 Å². The lowest BCUT2D eigenvalue weighted by Crippen LogP contribution is -2.54. The van der Waals surface area contributed by atoms with Gasteiger partial charge in [-0.05, 0) is 37.5 Å². The van der Waals surface area contributed by atoms with E-state index in [1.807, 2.05) is 0 Å². The summed E-state index contributed by atoms with van der Waals surface area (Å²) in [6.45, 7) is 1.74. The lowest BCUT2D eigenvalue weighted by Gasteiger charge is -2.39. The third-order valence-corrected chi connectivity index (χ3v) is 8.17. The van der Waals surface area contributed by atoms with E-state index in [9.17, 15) is 17.2 Å². The van der Waals surface area contributed by atoms with E-state index < -0.39 is 27.7 Å². The Hall–Kier alpha value is -1.88. The molecule has 0 spiro atoms. The fraction of sp³-hybridized carbons (Fsp3) is 0.526. The minimum absolute atomic E-state index is 0.112. The number of aromatic nitrogens is 2. The molecule has 3 atom stereocenters. The lowest BCUT2D eigenvalue weighted by atomic mass is 9.89. The maximum atomic E-state index is 14.1. The van der Waals surface area contributed by atoms with E-state index in [2.05, 4.69) is 15.3 Å². The highest BCUT2D eigenvalue weighted by Gasteiger charge is 2.40. The summed E-state index contributed by atoms with van der Waals surface area (Å²) in [4.78, 5) is 2.21. The van der Waals surface area contributed by atoms with Crippen molar-refractivity contribution >= 4 is 10.0 Å². The molecule has 2 aliphatic heterocycles. The lowest BCUT2D eigenvalue weighted by molar-refractivity contribution is 0.137. The van der Waals surface area contributed by atoms with Gasteiger partial charge < -0.3 is 11.1 Å². The number of hydrogen-bond donors (Lipinski definition) is 2. The second kappa shape index (κ2) is 6.83. The summed E-state index contributed by atoms with van der Waals surface area (Å²) < 4.78 is 53.5. The molecule has 3 N–H and O–H groups in total. The van der Waals surface area contributed by atoms with Crippen LogP contribution in [0.1, 0.15) is 42.1 Å². The number of hydrogen-bond acceptors (Lipinski definition) is 6. The van der Waals surface area contributed by atoms with Crippen LogP contribution in [0.25, 0.3) is 0 Å². The normalized spacial score (nSPS) is 27.9. The summed E-state index contributed by atoms with van der Waals surface area (Å²) >= 11 is 0. The highest BCUT2D eigenvalue weighted by molar-refractivity contribution is 7.90. The molecule has 1 saturated heterocycles. The topological polar surface area (TPSA) is 93.2 Å². The van der Waals surface area contributed by atoms with Gasteiger partial charge in [-0.3, -0.25) is 4.90 Å². The molecule has 2 aromatic rings. The van der Waals surface area contributed by atoms with Gasteiger partial charge in [-0.25, -0.2) is 17.2 Å². The number of fused-ring (bicyclic) bond motifs is 1. The van der Waals surface area contributed by atoms with Crippen LogP contribution in [0.4, 0.5) is 8.78 Å². The highest BCUT2D eigenvalue weighted by Crippen LogP contribution is 2.33. The first-order valence-electron chi connectivity index (χ1n) is 9.82. The Morgan fingerprint density at radius 3 is 2.69 bits per heavy atom. The molecule has 29 heavy (non-hydrogen) atoms. The molecule has 3 aliphatic rings. The molecule has 1 aromatic carbocycles. The molecule has 5 rings (SSSR count). The van der Waals surface area contributed by atoms with Crippen molar-refractivity contribution in [2.24, 2.45) is 5.73 Å². The summed E-state index contributed by atoms with van der Waals surface area (Å²) in [6, 6.07) is 2.72. The summed E-state index contributed by atoms with van der Waals surface area (Å²) in [7, 11) is -3.35. The molecular formula is C19H23F2N5O2S. The van der Waals surface area contributed by atoms with Crippen molar-refractivity contribution < 1.29 is 17.2 Å². The maximum absolute atomic E-state index is 14.1. The van der Waals surface area contributed by atoms with Crippen molar-refractivity contribution in [3.8, 4) is 0 Å². The van der Waals surface area contributed by atoms with Gasteiger partial charge in [-0.15, -0.1) is 0 Å². The van der Waals surface area contributed by atoms with Crippen LogP contribution < -0.4 is 11.1 Å². The molecule has 1 aliphatic carbocycles. The standard InChI is InChI=1S/C19H23F2N5O2S/c20-12-1-4-16(21)15(5-12)19-17(22)6-13(7-23-19)25-8-11-9-26(24-18(11)10-25)29(27,28)14-2-3-14/h1,4-5,9,13-14,17,19,23H,2-3,6-8,10,22H2/t13-,17+,19-/m1/s1. The quantitative estimate of drug-likeness (QED) is 0.769. The fourth-order valence-electron chi connectivity index (χ4n) is 4.38. The largest absolute Gasteiger partial charge is 0.326 e. The van der Waals surface area contributed by atoms with Crippen LogP contribution in [0, 0.1) is 11.6 Å². The van der Waals surface area contributed by atoms with E-state index in [1.54, 1.807) is 6.20 Å². The molecule has 156 valence electrons. The molecule has 1 saturated carbocycles. The molecule has 0 bridgehead atoms. The minimum Gasteiger partial charge on any atom is -0.326 e. The Morgan fingerprint density at radius 2 is 2.00 bits per heavy atom. The van der Waals surface area contributed by atoms with Crippen LogP contribution in [0.2, 0.25) is 0 Å². The number of benzene rings is 1. The van der Waals surface area contributed by atoms with Gasteiger partial charge in [0, 0.05) is 49.0 Å². The predicted octanol–water partition coefficient (Wildman–Crippen LogP) is 1.25. The van der Waals surface area contributed by atoms with Crippen molar-refractivity contribution in [2.75, 3.05) is 6.54 Å². The van der Waals surface area contributed by atoms with E-state index in [-0.39, 0.29) is 22.9 Å². The van der Waals surface area contributed by atoms with Gasteiger partial charge in [0.1, 0.15) is 11.6 Å². The average molecular weight is 423 g/mol. The number of nitrogens with zero attached hydrogens (tertiary/aromatic N) is 3. The summed E-state index contributed by atoms with van der Waals surface area (Å²) in [5, 5.41) is 7.29. The molecule has 10 heteroatoms. The molecule has 2 fully saturated rings.